The zero-order valence-corrected chi connectivity index (χ0v) is 12.7. The van der Waals surface area contributed by atoms with Crippen molar-refractivity contribution < 1.29 is 0 Å². The molecule has 1 aromatic heterocycles. The highest BCUT2D eigenvalue weighted by Gasteiger charge is 2.09. The first-order valence-corrected chi connectivity index (χ1v) is 6.91. The Morgan fingerprint density at radius 1 is 1.15 bits per heavy atom. The number of hydrogen-bond donors (Lipinski definition) is 0. The van der Waals surface area contributed by atoms with Crippen LogP contribution in [-0.4, -0.2) is 4.98 Å². The van der Waals surface area contributed by atoms with Crippen LogP contribution in [0.5, 0.6) is 0 Å². The van der Waals surface area contributed by atoms with Gasteiger partial charge in [-0.15, -0.1) is 0 Å². The summed E-state index contributed by atoms with van der Waals surface area (Å²) in [5.74, 6) is 0. The van der Waals surface area contributed by atoms with E-state index < -0.39 is 0 Å². The zero-order chi connectivity index (χ0) is 14.7. The minimum atomic E-state index is 1.02. The van der Waals surface area contributed by atoms with Gasteiger partial charge in [0.25, 0.3) is 0 Å². The van der Waals surface area contributed by atoms with Crippen LogP contribution in [0.4, 0.5) is 0 Å². The van der Waals surface area contributed by atoms with Gasteiger partial charge in [-0.2, -0.15) is 0 Å². The molecule has 2 rings (SSSR count). The van der Waals surface area contributed by atoms with Crippen LogP contribution in [0.2, 0.25) is 0 Å². The number of aryl methyl sites for hydroxylation is 2. The third kappa shape index (κ3) is 2.57. The topological polar surface area (TPSA) is 12.9 Å². The Hall–Kier alpha value is -2.15. The molecule has 102 valence electrons. The van der Waals surface area contributed by atoms with Crippen molar-refractivity contribution in [1.29, 1.82) is 0 Å². The average molecular weight is 263 g/mol. The van der Waals surface area contributed by atoms with E-state index in [-0.39, 0.29) is 0 Å². The van der Waals surface area contributed by atoms with Crippen molar-refractivity contribution in [3.05, 3.63) is 64.9 Å². The molecule has 1 aromatic carbocycles. The molecule has 0 unspecified atom stereocenters. The number of benzene rings is 1. The van der Waals surface area contributed by atoms with E-state index in [9.17, 15) is 0 Å². The van der Waals surface area contributed by atoms with Gasteiger partial charge in [0.2, 0.25) is 0 Å². The second-order valence-electron chi connectivity index (χ2n) is 5.05. The molecule has 2 aromatic rings. The predicted molar refractivity (Wildman–Crippen MR) is 88.7 cm³/mol. The molecular formula is C19H21N. The number of allylic oxidation sites excluding steroid dienone is 1. The fourth-order valence-electron chi connectivity index (χ4n) is 2.43. The van der Waals surface area contributed by atoms with Crippen molar-refractivity contribution >= 4 is 12.2 Å². The van der Waals surface area contributed by atoms with Crippen LogP contribution in [0.25, 0.3) is 23.4 Å². The third-order valence-corrected chi connectivity index (χ3v) is 3.71. The van der Waals surface area contributed by atoms with Gasteiger partial charge in [-0.1, -0.05) is 43.0 Å². The maximum atomic E-state index is 4.77. The first-order chi connectivity index (χ1) is 9.58. The van der Waals surface area contributed by atoms with Gasteiger partial charge in [0.15, 0.2) is 0 Å². The molecule has 0 spiro atoms. The third-order valence-electron chi connectivity index (χ3n) is 3.71. The smallest absolute Gasteiger partial charge is 0.0714 e. The van der Waals surface area contributed by atoms with Crippen LogP contribution in [0.3, 0.4) is 0 Å². The SMILES string of the molecule is C=Cc1cc(-c2cccc(C)c2C)nc(C)c1/C=C\C. The van der Waals surface area contributed by atoms with Crippen LogP contribution >= 0.6 is 0 Å². The highest BCUT2D eigenvalue weighted by atomic mass is 14.7. The highest BCUT2D eigenvalue weighted by Crippen LogP contribution is 2.27. The normalized spacial score (nSPS) is 11.0. The molecule has 0 aliphatic rings. The van der Waals surface area contributed by atoms with Crippen molar-refractivity contribution in [3.8, 4) is 11.3 Å². The Morgan fingerprint density at radius 3 is 2.55 bits per heavy atom. The Kier molecular flexibility index (Phi) is 4.19. The molecule has 0 atom stereocenters. The van der Waals surface area contributed by atoms with E-state index >= 15 is 0 Å². The second-order valence-corrected chi connectivity index (χ2v) is 5.05. The number of pyridine rings is 1. The predicted octanol–water partition coefficient (Wildman–Crippen LogP) is 5.35. The molecule has 1 nitrogen and oxygen atoms in total. The molecule has 1 heteroatoms. The molecule has 0 aliphatic carbocycles. The zero-order valence-electron chi connectivity index (χ0n) is 12.7. The molecule has 0 N–H and O–H groups in total. The van der Waals surface area contributed by atoms with E-state index in [1.807, 2.05) is 19.1 Å². The van der Waals surface area contributed by atoms with Crippen LogP contribution in [-0.2, 0) is 0 Å². The van der Waals surface area contributed by atoms with E-state index in [1.165, 1.54) is 16.7 Å². The molecule has 0 saturated heterocycles. The minimum Gasteiger partial charge on any atom is -0.252 e. The van der Waals surface area contributed by atoms with Gasteiger partial charge >= 0.3 is 0 Å². The van der Waals surface area contributed by atoms with Crippen molar-refractivity contribution in [1.82, 2.24) is 4.98 Å². The highest BCUT2D eigenvalue weighted by molar-refractivity contribution is 5.73. The van der Waals surface area contributed by atoms with Gasteiger partial charge in [-0.05, 0) is 50.5 Å². The monoisotopic (exact) mass is 263 g/mol. The number of nitrogens with zero attached hydrogens (tertiary/aromatic N) is 1. The standard InChI is InChI=1S/C19H21N/c1-6-9-18-15(5)20-19(12-16(18)7-2)17-11-8-10-13(3)14(17)4/h6-12H,2H2,1,3-5H3/b9-6-. The Balaban J connectivity index is 2.68. The summed E-state index contributed by atoms with van der Waals surface area (Å²) in [7, 11) is 0. The van der Waals surface area contributed by atoms with Crippen LogP contribution in [0.1, 0.15) is 34.9 Å². The van der Waals surface area contributed by atoms with Gasteiger partial charge in [0.05, 0.1) is 5.69 Å². The molecule has 0 fully saturated rings. The van der Waals surface area contributed by atoms with Crippen molar-refractivity contribution in [2.24, 2.45) is 0 Å². The lowest BCUT2D eigenvalue weighted by Gasteiger charge is -2.12. The quantitative estimate of drug-likeness (QED) is 0.727. The minimum absolute atomic E-state index is 1.02. The van der Waals surface area contributed by atoms with Gasteiger partial charge in [-0.25, -0.2) is 0 Å². The maximum Gasteiger partial charge on any atom is 0.0714 e. The van der Waals surface area contributed by atoms with Crippen molar-refractivity contribution in [3.63, 3.8) is 0 Å². The molecule has 1 heterocycles. The van der Waals surface area contributed by atoms with Gasteiger partial charge in [-0.3, -0.25) is 4.98 Å². The Labute approximate surface area is 121 Å². The Morgan fingerprint density at radius 2 is 1.90 bits per heavy atom. The van der Waals surface area contributed by atoms with Crippen LogP contribution < -0.4 is 0 Å². The van der Waals surface area contributed by atoms with E-state index in [0.29, 0.717) is 0 Å². The molecular weight excluding hydrogens is 242 g/mol. The summed E-state index contributed by atoms with van der Waals surface area (Å²) in [6.45, 7) is 12.3. The molecule has 0 saturated carbocycles. The number of hydrogen-bond acceptors (Lipinski definition) is 1. The number of rotatable bonds is 3. The summed E-state index contributed by atoms with van der Waals surface area (Å²) < 4.78 is 0. The van der Waals surface area contributed by atoms with Gasteiger partial charge in [0, 0.05) is 16.8 Å². The van der Waals surface area contributed by atoms with E-state index in [1.54, 1.807) is 0 Å². The maximum absolute atomic E-state index is 4.77. The summed E-state index contributed by atoms with van der Waals surface area (Å²) >= 11 is 0. The Bertz CT molecular complexity index is 678. The van der Waals surface area contributed by atoms with Crippen molar-refractivity contribution in [2.75, 3.05) is 0 Å². The molecule has 0 bridgehead atoms. The first-order valence-electron chi connectivity index (χ1n) is 6.91. The van der Waals surface area contributed by atoms with E-state index in [2.05, 4.69) is 57.7 Å². The molecule has 20 heavy (non-hydrogen) atoms. The second kappa shape index (κ2) is 5.87. The lowest BCUT2D eigenvalue weighted by molar-refractivity contribution is 1.18. The fraction of sp³-hybridized carbons (Fsp3) is 0.211. The van der Waals surface area contributed by atoms with Gasteiger partial charge in [0.1, 0.15) is 0 Å². The molecule has 0 radical (unpaired) electrons. The summed E-state index contributed by atoms with van der Waals surface area (Å²) in [5.41, 5.74) is 8.11. The average Bonchev–Trinajstić information content (AvgIpc) is 2.44. The first kappa shape index (κ1) is 14.3. The van der Waals surface area contributed by atoms with E-state index in [4.69, 9.17) is 4.98 Å². The van der Waals surface area contributed by atoms with Crippen LogP contribution in [0.15, 0.2) is 36.9 Å². The van der Waals surface area contributed by atoms with Crippen molar-refractivity contribution in [2.45, 2.75) is 27.7 Å². The van der Waals surface area contributed by atoms with Crippen LogP contribution in [0, 0.1) is 20.8 Å². The van der Waals surface area contributed by atoms with E-state index in [0.717, 1.165) is 22.5 Å². The summed E-state index contributed by atoms with van der Waals surface area (Å²) in [6, 6.07) is 8.47. The fourth-order valence-corrected chi connectivity index (χ4v) is 2.43. The summed E-state index contributed by atoms with van der Waals surface area (Å²) in [4.78, 5) is 4.77. The van der Waals surface area contributed by atoms with Gasteiger partial charge < -0.3 is 0 Å². The largest absolute Gasteiger partial charge is 0.252 e. The summed E-state index contributed by atoms with van der Waals surface area (Å²) in [5, 5.41) is 0. The lowest BCUT2D eigenvalue weighted by Crippen LogP contribution is -1.96. The lowest BCUT2D eigenvalue weighted by atomic mass is 9.97. The number of aromatic nitrogens is 1. The molecule has 0 aliphatic heterocycles. The molecule has 0 amide bonds. The summed E-state index contributed by atoms with van der Waals surface area (Å²) in [6.07, 6.45) is 6.03.